The van der Waals surface area contributed by atoms with E-state index < -0.39 is 6.09 Å². The normalized spacial score (nSPS) is 19.3. The third-order valence-corrected chi connectivity index (χ3v) is 5.85. The maximum atomic E-state index is 11.7. The lowest BCUT2D eigenvalue weighted by atomic mass is 9.90. The number of aryl methyl sites for hydroxylation is 2. The average Bonchev–Trinajstić information content (AvgIpc) is 3.09. The van der Waals surface area contributed by atoms with Gasteiger partial charge in [0.1, 0.15) is 0 Å². The fourth-order valence-corrected chi connectivity index (χ4v) is 4.74. The van der Waals surface area contributed by atoms with Crippen LogP contribution in [-0.4, -0.2) is 34.2 Å². The van der Waals surface area contributed by atoms with Crippen molar-refractivity contribution in [1.29, 1.82) is 0 Å². The molecule has 0 saturated carbocycles. The van der Waals surface area contributed by atoms with Crippen molar-refractivity contribution in [2.75, 3.05) is 18.0 Å². The number of carbonyl (C=O) groups is 1. The van der Waals surface area contributed by atoms with Crippen LogP contribution in [0.2, 0.25) is 5.02 Å². The standard InChI is InChI=1S/C21H24ClN3O2/c1-13-8-17(9-14(2)23-13)24-7-5-15-10-16(22)11-18(19(15)12-24)20-4-3-6-25(20)21(26)27/h8-11,20H,3-7,12H2,1-2H3,(H,26,27). The summed E-state index contributed by atoms with van der Waals surface area (Å²) >= 11 is 6.39. The van der Waals surface area contributed by atoms with Gasteiger partial charge in [-0.25, -0.2) is 4.79 Å². The zero-order chi connectivity index (χ0) is 19.1. The molecule has 6 heteroatoms. The van der Waals surface area contributed by atoms with Crippen molar-refractivity contribution in [1.82, 2.24) is 9.88 Å². The van der Waals surface area contributed by atoms with Crippen LogP contribution in [0.5, 0.6) is 0 Å². The van der Waals surface area contributed by atoms with Crippen LogP contribution >= 0.6 is 11.6 Å². The van der Waals surface area contributed by atoms with Gasteiger partial charge in [0.2, 0.25) is 0 Å². The van der Waals surface area contributed by atoms with Gasteiger partial charge >= 0.3 is 6.09 Å². The van der Waals surface area contributed by atoms with E-state index in [9.17, 15) is 9.90 Å². The Balaban J connectivity index is 1.73. The monoisotopic (exact) mass is 385 g/mol. The molecule has 1 unspecified atom stereocenters. The van der Waals surface area contributed by atoms with Gasteiger partial charge in [-0.05, 0) is 74.1 Å². The molecular formula is C21H24ClN3O2. The van der Waals surface area contributed by atoms with E-state index in [0.717, 1.165) is 49.3 Å². The largest absolute Gasteiger partial charge is 0.465 e. The van der Waals surface area contributed by atoms with Crippen molar-refractivity contribution in [3.8, 4) is 0 Å². The number of fused-ring (bicyclic) bond motifs is 1. The zero-order valence-corrected chi connectivity index (χ0v) is 16.5. The number of amides is 1. The van der Waals surface area contributed by atoms with E-state index in [1.165, 1.54) is 16.8 Å². The Morgan fingerprint density at radius 1 is 1.19 bits per heavy atom. The molecule has 5 nitrogen and oxygen atoms in total. The maximum absolute atomic E-state index is 11.7. The summed E-state index contributed by atoms with van der Waals surface area (Å²) in [6.07, 6.45) is 1.81. The number of benzene rings is 1. The predicted octanol–water partition coefficient (Wildman–Crippen LogP) is 4.73. The Bertz CT molecular complexity index is 879. The first-order valence-electron chi connectivity index (χ1n) is 9.43. The Hall–Kier alpha value is -2.27. The van der Waals surface area contributed by atoms with Crippen LogP contribution in [0, 0.1) is 13.8 Å². The van der Waals surface area contributed by atoms with E-state index in [4.69, 9.17) is 11.6 Å². The fraction of sp³-hybridized carbons (Fsp3) is 0.429. The summed E-state index contributed by atoms with van der Waals surface area (Å²) in [5.74, 6) is 0. The van der Waals surface area contributed by atoms with Gasteiger partial charge in [0.05, 0.1) is 6.04 Å². The van der Waals surface area contributed by atoms with Gasteiger partial charge in [-0.15, -0.1) is 0 Å². The molecule has 1 aromatic heterocycles. The topological polar surface area (TPSA) is 56.7 Å². The maximum Gasteiger partial charge on any atom is 0.407 e. The highest BCUT2D eigenvalue weighted by Crippen LogP contribution is 2.39. The lowest BCUT2D eigenvalue weighted by Crippen LogP contribution is -2.34. The molecule has 2 aliphatic heterocycles. The summed E-state index contributed by atoms with van der Waals surface area (Å²) in [5.41, 5.74) is 6.75. The number of nitrogens with zero attached hydrogens (tertiary/aromatic N) is 3. The molecule has 0 aliphatic carbocycles. The number of rotatable bonds is 2. The fourth-order valence-electron chi connectivity index (χ4n) is 4.49. The number of hydrogen-bond donors (Lipinski definition) is 1. The summed E-state index contributed by atoms with van der Waals surface area (Å²) in [6, 6.07) is 8.15. The minimum Gasteiger partial charge on any atom is -0.465 e. The number of likely N-dealkylation sites (tertiary alicyclic amines) is 1. The lowest BCUT2D eigenvalue weighted by molar-refractivity contribution is 0.140. The van der Waals surface area contributed by atoms with Crippen LogP contribution in [0.15, 0.2) is 24.3 Å². The van der Waals surface area contributed by atoms with Crippen molar-refractivity contribution < 1.29 is 9.90 Å². The smallest absolute Gasteiger partial charge is 0.407 e. The van der Waals surface area contributed by atoms with Crippen molar-refractivity contribution in [3.05, 3.63) is 57.4 Å². The Morgan fingerprint density at radius 2 is 1.93 bits per heavy atom. The number of pyridine rings is 1. The number of halogens is 1. The molecular weight excluding hydrogens is 362 g/mol. The molecule has 4 rings (SSSR count). The molecule has 2 aliphatic rings. The molecule has 0 bridgehead atoms. The first-order valence-corrected chi connectivity index (χ1v) is 9.81. The van der Waals surface area contributed by atoms with Crippen LogP contribution in [0.3, 0.4) is 0 Å². The highest BCUT2D eigenvalue weighted by atomic mass is 35.5. The van der Waals surface area contributed by atoms with Gasteiger partial charge in [0.15, 0.2) is 0 Å². The first-order chi connectivity index (χ1) is 12.9. The summed E-state index contributed by atoms with van der Waals surface area (Å²) in [6.45, 7) is 6.32. The van der Waals surface area contributed by atoms with Crippen molar-refractivity contribution in [2.24, 2.45) is 0 Å². The van der Waals surface area contributed by atoms with E-state index >= 15 is 0 Å². The van der Waals surface area contributed by atoms with Gasteiger partial charge in [0.25, 0.3) is 0 Å². The van der Waals surface area contributed by atoms with E-state index in [1.54, 1.807) is 4.90 Å². The highest BCUT2D eigenvalue weighted by Gasteiger charge is 2.33. The molecule has 27 heavy (non-hydrogen) atoms. The minimum absolute atomic E-state index is 0.101. The predicted molar refractivity (Wildman–Crippen MR) is 107 cm³/mol. The van der Waals surface area contributed by atoms with Crippen LogP contribution < -0.4 is 4.90 Å². The number of anilines is 1. The van der Waals surface area contributed by atoms with Crippen LogP contribution in [0.1, 0.15) is 47.0 Å². The molecule has 1 atom stereocenters. The van der Waals surface area contributed by atoms with Crippen LogP contribution in [0.4, 0.5) is 10.5 Å². The van der Waals surface area contributed by atoms with E-state index in [-0.39, 0.29) is 6.04 Å². The van der Waals surface area contributed by atoms with Gasteiger partial charge in [-0.2, -0.15) is 0 Å². The SMILES string of the molecule is Cc1cc(N2CCc3cc(Cl)cc(C4CCCN4C(=O)O)c3C2)cc(C)n1. The molecule has 0 radical (unpaired) electrons. The van der Waals surface area contributed by atoms with Crippen molar-refractivity contribution in [3.63, 3.8) is 0 Å². The Morgan fingerprint density at radius 3 is 2.63 bits per heavy atom. The summed E-state index contributed by atoms with van der Waals surface area (Å²) in [5, 5.41) is 10.3. The van der Waals surface area contributed by atoms with Crippen LogP contribution in [-0.2, 0) is 13.0 Å². The van der Waals surface area contributed by atoms with Gasteiger partial charge in [-0.1, -0.05) is 11.6 Å². The van der Waals surface area contributed by atoms with Gasteiger partial charge in [0, 0.05) is 41.7 Å². The molecule has 1 saturated heterocycles. The first kappa shape index (κ1) is 18.1. The zero-order valence-electron chi connectivity index (χ0n) is 15.7. The van der Waals surface area contributed by atoms with E-state index in [2.05, 4.69) is 22.0 Å². The number of hydrogen-bond acceptors (Lipinski definition) is 3. The second-order valence-corrected chi connectivity index (χ2v) is 7.98. The number of aromatic nitrogens is 1. The molecule has 0 spiro atoms. The second kappa shape index (κ2) is 7.04. The number of carboxylic acid groups (broad SMARTS) is 1. The molecule has 1 amide bonds. The Kier molecular flexibility index (Phi) is 4.72. The minimum atomic E-state index is -0.848. The second-order valence-electron chi connectivity index (χ2n) is 7.55. The molecule has 1 fully saturated rings. The van der Waals surface area contributed by atoms with Gasteiger partial charge in [-0.3, -0.25) is 4.98 Å². The highest BCUT2D eigenvalue weighted by molar-refractivity contribution is 6.30. The molecule has 1 aromatic carbocycles. The van der Waals surface area contributed by atoms with E-state index in [0.29, 0.717) is 11.6 Å². The average molecular weight is 386 g/mol. The van der Waals surface area contributed by atoms with Crippen molar-refractivity contribution in [2.45, 2.75) is 45.7 Å². The third-order valence-electron chi connectivity index (χ3n) is 5.63. The lowest BCUT2D eigenvalue weighted by Gasteiger charge is -2.34. The van der Waals surface area contributed by atoms with Crippen LogP contribution in [0.25, 0.3) is 0 Å². The summed E-state index contributed by atoms with van der Waals surface area (Å²) in [4.78, 5) is 20.1. The van der Waals surface area contributed by atoms with Crippen molar-refractivity contribution >= 4 is 23.4 Å². The third kappa shape index (κ3) is 3.48. The molecule has 142 valence electrons. The molecule has 3 heterocycles. The Labute approximate surface area is 164 Å². The van der Waals surface area contributed by atoms with E-state index in [1.807, 2.05) is 26.0 Å². The molecule has 2 aromatic rings. The summed E-state index contributed by atoms with van der Waals surface area (Å²) in [7, 11) is 0. The molecule has 1 N–H and O–H groups in total. The van der Waals surface area contributed by atoms with Gasteiger partial charge < -0.3 is 14.9 Å². The summed E-state index contributed by atoms with van der Waals surface area (Å²) < 4.78 is 0. The quantitative estimate of drug-likeness (QED) is 0.811.